The van der Waals surface area contributed by atoms with E-state index in [0.29, 0.717) is 5.92 Å². The van der Waals surface area contributed by atoms with E-state index in [1.165, 1.54) is 11.3 Å². The number of carbonyl (C=O) groups is 1. The molecule has 1 heterocycles. The zero-order chi connectivity index (χ0) is 13.3. The van der Waals surface area contributed by atoms with Crippen LogP contribution in [-0.2, 0) is 4.79 Å². The number of rotatable bonds is 4. The molecule has 0 bridgehead atoms. The summed E-state index contributed by atoms with van der Waals surface area (Å²) in [7, 11) is 0. The van der Waals surface area contributed by atoms with Crippen molar-refractivity contribution in [2.45, 2.75) is 26.7 Å². The normalized spacial score (nSPS) is 20.0. The van der Waals surface area contributed by atoms with Gasteiger partial charge in [0.05, 0.1) is 5.92 Å². The number of aliphatic carboxylic acids is 1. The number of nitrogens with zero attached hydrogens (tertiary/aromatic N) is 1. The lowest BCUT2D eigenvalue weighted by Crippen LogP contribution is -2.29. The van der Waals surface area contributed by atoms with Crippen LogP contribution >= 0.6 is 0 Å². The minimum atomic E-state index is -0.707. The molecule has 0 spiro atoms. The molecule has 0 radical (unpaired) electrons. The van der Waals surface area contributed by atoms with E-state index in [2.05, 4.69) is 30.9 Å². The summed E-state index contributed by atoms with van der Waals surface area (Å²) >= 11 is 0. The number of carboxylic acids is 1. The van der Waals surface area contributed by atoms with E-state index in [1.807, 2.05) is 19.1 Å². The largest absolute Gasteiger partial charge is 0.481 e. The van der Waals surface area contributed by atoms with Crippen LogP contribution in [0, 0.1) is 11.8 Å². The van der Waals surface area contributed by atoms with Crippen LogP contribution in [0.5, 0.6) is 0 Å². The van der Waals surface area contributed by atoms with Crippen LogP contribution in [0.25, 0.3) is 0 Å². The summed E-state index contributed by atoms with van der Waals surface area (Å²) in [6, 6.07) is 8.20. The second-order valence-corrected chi connectivity index (χ2v) is 5.59. The number of para-hydroxylation sites is 1. The van der Waals surface area contributed by atoms with Crippen molar-refractivity contribution in [3.8, 4) is 0 Å². The molecule has 1 aliphatic rings. The molecule has 0 aromatic heterocycles. The highest BCUT2D eigenvalue weighted by Crippen LogP contribution is 2.40. The van der Waals surface area contributed by atoms with Gasteiger partial charge in [-0.1, -0.05) is 39.0 Å². The van der Waals surface area contributed by atoms with Gasteiger partial charge in [-0.15, -0.1) is 0 Å². The van der Waals surface area contributed by atoms with E-state index < -0.39 is 5.97 Å². The summed E-state index contributed by atoms with van der Waals surface area (Å²) in [6.07, 6.45) is 0. The molecule has 1 aromatic carbocycles. The second-order valence-electron chi connectivity index (χ2n) is 5.59. The third kappa shape index (κ3) is 2.35. The Labute approximate surface area is 108 Å². The molecule has 2 rings (SSSR count). The fourth-order valence-electron chi connectivity index (χ4n) is 2.74. The maximum atomic E-state index is 11.2. The molecule has 0 aliphatic carbocycles. The summed E-state index contributed by atoms with van der Waals surface area (Å²) in [6.45, 7) is 8.00. The minimum absolute atomic E-state index is 0.109. The number of benzene rings is 1. The Morgan fingerprint density at radius 2 is 2.06 bits per heavy atom. The monoisotopic (exact) mass is 247 g/mol. The van der Waals surface area contributed by atoms with Crippen molar-refractivity contribution in [1.82, 2.24) is 0 Å². The van der Waals surface area contributed by atoms with E-state index in [1.54, 1.807) is 0 Å². The van der Waals surface area contributed by atoms with Crippen molar-refractivity contribution in [3.05, 3.63) is 29.8 Å². The van der Waals surface area contributed by atoms with E-state index in [4.69, 9.17) is 0 Å². The van der Waals surface area contributed by atoms with Crippen molar-refractivity contribution >= 4 is 11.7 Å². The molecule has 2 unspecified atom stereocenters. The number of hydrogen-bond donors (Lipinski definition) is 1. The zero-order valence-electron chi connectivity index (χ0n) is 11.3. The Morgan fingerprint density at radius 1 is 1.39 bits per heavy atom. The maximum absolute atomic E-state index is 11.2. The Morgan fingerprint density at radius 3 is 2.67 bits per heavy atom. The Bertz CT molecular complexity index is 442. The van der Waals surface area contributed by atoms with Gasteiger partial charge in [-0.25, -0.2) is 0 Å². The number of carboxylic acid groups (broad SMARTS) is 1. The van der Waals surface area contributed by atoms with Crippen LogP contribution in [0.1, 0.15) is 32.3 Å². The Balaban J connectivity index is 2.30. The third-order valence-corrected chi connectivity index (χ3v) is 3.67. The predicted molar refractivity (Wildman–Crippen MR) is 73.0 cm³/mol. The molecule has 0 saturated heterocycles. The molecule has 98 valence electrons. The lowest BCUT2D eigenvalue weighted by molar-refractivity contribution is -0.141. The first kappa shape index (κ1) is 12.9. The fraction of sp³-hybridized carbons (Fsp3) is 0.533. The summed E-state index contributed by atoms with van der Waals surface area (Å²) in [4.78, 5) is 13.5. The molecule has 0 fully saturated rings. The summed E-state index contributed by atoms with van der Waals surface area (Å²) in [5, 5.41) is 9.22. The first-order chi connectivity index (χ1) is 8.50. The van der Waals surface area contributed by atoms with Gasteiger partial charge in [0.25, 0.3) is 0 Å². The molecule has 1 aliphatic heterocycles. The molecule has 1 aromatic rings. The highest BCUT2D eigenvalue weighted by molar-refractivity contribution is 5.73. The predicted octanol–water partition coefficient (Wildman–Crippen LogP) is 2.97. The molecular formula is C15H21NO2. The minimum Gasteiger partial charge on any atom is -0.481 e. The van der Waals surface area contributed by atoms with Crippen LogP contribution < -0.4 is 4.90 Å². The average molecular weight is 247 g/mol. The van der Waals surface area contributed by atoms with Crippen LogP contribution in [0.3, 0.4) is 0 Å². The second kappa shape index (κ2) is 5.01. The Kier molecular flexibility index (Phi) is 3.60. The molecule has 3 heteroatoms. The van der Waals surface area contributed by atoms with E-state index >= 15 is 0 Å². The Hall–Kier alpha value is -1.51. The smallest absolute Gasteiger partial charge is 0.306 e. The number of anilines is 1. The molecule has 1 N–H and O–H groups in total. The number of hydrogen-bond acceptors (Lipinski definition) is 2. The summed E-state index contributed by atoms with van der Waals surface area (Å²) < 4.78 is 0. The number of fused-ring (bicyclic) bond motifs is 1. The quantitative estimate of drug-likeness (QED) is 0.889. The van der Waals surface area contributed by atoms with Gasteiger partial charge in [0.1, 0.15) is 0 Å². The maximum Gasteiger partial charge on any atom is 0.306 e. The first-order valence-corrected chi connectivity index (χ1v) is 6.57. The van der Waals surface area contributed by atoms with E-state index in [-0.39, 0.29) is 11.8 Å². The van der Waals surface area contributed by atoms with Crippen molar-refractivity contribution in [2.75, 3.05) is 18.0 Å². The van der Waals surface area contributed by atoms with Gasteiger partial charge in [0.2, 0.25) is 0 Å². The SMILES string of the molecule is CC(C)CN1CC(C(C)C(=O)O)c2ccccc21. The topological polar surface area (TPSA) is 40.5 Å². The van der Waals surface area contributed by atoms with Gasteiger partial charge in [0.15, 0.2) is 0 Å². The van der Waals surface area contributed by atoms with Gasteiger partial charge in [-0.05, 0) is 17.5 Å². The van der Waals surface area contributed by atoms with E-state index in [0.717, 1.165) is 13.1 Å². The third-order valence-electron chi connectivity index (χ3n) is 3.67. The van der Waals surface area contributed by atoms with E-state index in [9.17, 15) is 9.90 Å². The van der Waals surface area contributed by atoms with Crippen LogP contribution in [-0.4, -0.2) is 24.2 Å². The van der Waals surface area contributed by atoms with Gasteiger partial charge in [0, 0.05) is 24.7 Å². The summed E-state index contributed by atoms with van der Waals surface area (Å²) in [5.41, 5.74) is 2.40. The fourth-order valence-corrected chi connectivity index (χ4v) is 2.74. The van der Waals surface area contributed by atoms with Crippen LogP contribution in [0.15, 0.2) is 24.3 Å². The standard InChI is InChI=1S/C15H21NO2/c1-10(2)8-16-9-13(11(3)15(17)18)12-6-4-5-7-14(12)16/h4-7,10-11,13H,8-9H2,1-3H3,(H,17,18). The highest BCUT2D eigenvalue weighted by Gasteiger charge is 2.34. The molecule has 0 amide bonds. The van der Waals surface area contributed by atoms with Crippen molar-refractivity contribution in [2.24, 2.45) is 11.8 Å². The van der Waals surface area contributed by atoms with Crippen molar-refractivity contribution in [1.29, 1.82) is 0 Å². The lowest BCUT2D eigenvalue weighted by Gasteiger charge is -2.22. The highest BCUT2D eigenvalue weighted by atomic mass is 16.4. The first-order valence-electron chi connectivity index (χ1n) is 6.57. The summed E-state index contributed by atoms with van der Waals surface area (Å²) in [5.74, 6) is -0.348. The van der Waals surface area contributed by atoms with Crippen molar-refractivity contribution in [3.63, 3.8) is 0 Å². The zero-order valence-corrected chi connectivity index (χ0v) is 11.3. The average Bonchev–Trinajstić information content (AvgIpc) is 2.67. The molecular weight excluding hydrogens is 226 g/mol. The molecule has 2 atom stereocenters. The molecule has 3 nitrogen and oxygen atoms in total. The van der Waals surface area contributed by atoms with Crippen molar-refractivity contribution < 1.29 is 9.90 Å². The van der Waals surface area contributed by atoms with Gasteiger partial charge >= 0.3 is 5.97 Å². The van der Waals surface area contributed by atoms with Crippen LogP contribution in [0.2, 0.25) is 0 Å². The molecule has 18 heavy (non-hydrogen) atoms. The van der Waals surface area contributed by atoms with Gasteiger partial charge in [-0.2, -0.15) is 0 Å². The van der Waals surface area contributed by atoms with Gasteiger partial charge in [-0.3, -0.25) is 4.79 Å². The van der Waals surface area contributed by atoms with Crippen LogP contribution in [0.4, 0.5) is 5.69 Å². The lowest BCUT2D eigenvalue weighted by atomic mass is 9.89. The molecule has 0 saturated carbocycles. The van der Waals surface area contributed by atoms with Gasteiger partial charge < -0.3 is 10.0 Å².